The molecular formula is C22H21F3N6O. The van der Waals surface area contributed by atoms with Crippen molar-refractivity contribution in [3.63, 3.8) is 0 Å². The molecule has 166 valence electrons. The van der Waals surface area contributed by atoms with Gasteiger partial charge in [0, 0.05) is 50.3 Å². The maximum absolute atomic E-state index is 12.7. The third-order valence-corrected chi connectivity index (χ3v) is 5.19. The van der Waals surface area contributed by atoms with Crippen molar-refractivity contribution in [2.24, 2.45) is 0 Å². The Bertz CT molecular complexity index is 1120. The van der Waals surface area contributed by atoms with Gasteiger partial charge < -0.3 is 10.2 Å². The minimum Gasteiger partial charge on any atom is -0.350 e. The SMILES string of the molecule is Cc1cc(C(=O)NCc2ccncc2)nnc1N1CCc2ncc(CC(F)(F)F)cc2C1. The highest BCUT2D eigenvalue weighted by atomic mass is 19.4. The Morgan fingerprint density at radius 1 is 1.16 bits per heavy atom. The summed E-state index contributed by atoms with van der Waals surface area (Å²) < 4.78 is 38.2. The van der Waals surface area contributed by atoms with Crippen LogP contribution in [0.4, 0.5) is 19.0 Å². The average molecular weight is 442 g/mol. The number of anilines is 1. The highest BCUT2D eigenvalue weighted by Crippen LogP contribution is 2.27. The molecule has 0 spiro atoms. The quantitative estimate of drug-likeness (QED) is 0.654. The zero-order chi connectivity index (χ0) is 22.7. The summed E-state index contributed by atoms with van der Waals surface area (Å²) in [5.41, 5.74) is 3.56. The lowest BCUT2D eigenvalue weighted by atomic mass is 10.0. The third-order valence-electron chi connectivity index (χ3n) is 5.19. The fraction of sp³-hybridized carbons (Fsp3) is 0.318. The molecule has 0 aliphatic carbocycles. The van der Waals surface area contributed by atoms with E-state index in [9.17, 15) is 18.0 Å². The molecule has 0 unspecified atom stereocenters. The van der Waals surface area contributed by atoms with Gasteiger partial charge in [-0.3, -0.25) is 14.8 Å². The molecule has 1 aliphatic heterocycles. The van der Waals surface area contributed by atoms with Crippen LogP contribution in [0, 0.1) is 6.92 Å². The Balaban J connectivity index is 1.45. The summed E-state index contributed by atoms with van der Waals surface area (Å²) in [5.74, 6) is 0.261. The predicted octanol–water partition coefficient (Wildman–Crippen LogP) is 3.17. The molecule has 3 aromatic heterocycles. The van der Waals surface area contributed by atoms with Crippen molar-refractivity contribution in [1.82, 2.24) is 25.5 Å². The van der Waals surface area contributed by atoms with Crippen LogP contribution in [0.1, 0.15) is 38.4 Å². The number of amides is 1. The highest BCUT2D eigenvalue weighted by molar-refractivity contribution is 5.92. The molecule has 7 nitrogen and oxygen atoms in total. The van der Waals surface area contributed by atoms with E-state index in [0.717, 1.165) is 22.4 Å². The van der Waals surface area contributed by atoms with Crippen molar-refractivity contribution in [2.75, 3.05) is 11.4 Å². The van der Waals surface area contributed by atoms with E-state index in [1.54, 1.807) is 24.5 Å². The Labute approximate surface area is 182 Å². The number of fused-ring (bicyclic) bond motifs is 1. The number of nitrogens with one attached hydrogen (secondary N) is 1. The number of nitrogens with zero attached hydrogens (tertiary/aromatic N) is 5. The summed E-state index contributed by atoms with van der Waals surface area (Å²) in [4.78, 5) is 22.5. The molecule has 1 aliphatic rings. The molecule has 4 heterocycles. The van der Waals surface area contributed by atoms with Gasteiger partial charge in [0.2, 0.25) is 0 Å². The molecule has 1 N–H and O–H groups in total. The van der Waals surface area contributed by atoms with Crippen LogP contribution < -0.4 is 10.2 Å². The number of hydrogen-bond donors (Lipinski definition) is 1. The number of hydrogen-bond acceptors (Lipinski definition) is 6. The number of rotatable bonds is 5. The van der Waals surface area contributed by atoms with Crippen LogP contribution in [0.25, 0.3) is 0 Å². The first-order valence-electron chi connectivity index (χ1n) is 10.1. The maximum atomic E-state index is 12.7. The first-order valence-corrected chi connectivity index (χ1v) is 10.1. The normalized spacial score (nSPS) is 13.6. The number of pyridine rings is 2. The minimum atomic E-state index is -4.28. The lowest BCUT2D eigenvalue weighted by Crippen LogP contribution is -2.33. The van der Waals surface area contributed by atoms with Crippen LogP contribution in [0.3, 0.4) is 0 Å². The Morgan fingerprint density at radius 3 is 2.66 bits per heavy atom. The number of carbonyl (C=O) groups excluding carboxylic acids is 1. The second-order valence-electron chi connectivity index (χ2n) is 7.69. The van der Waals surface area contributed by atoms with Gasteiger partial charge in [-0.25, -0.2) is 0 Å². The molecule has 0 saturated carbocycles. The first-order chi connectivity index (χ1) is 15.3. The van der Waals surface area contributed by atoms with E-state index in [4.69, 9.17) is 0 Å². The number of aryl methyl sites for hydroxylation is 1. The Morgan fingerprint density at radius 2 is 1.94 bits per heavy atom. The second-order valence-corrected chi connectivity index (χ2v) is 7.69. The number of carbonyl (C=O) groups is 1. The molecule has 0 fully saturated rings. The number of halogens is 3. The lowest BCUT2D eigenvalue weighted by molar-refractivity contribution is -0.127. The van der Waals surface area contributed by atoms with Gasteiger partial charge in [-0.2, -0.15) is 13.2 Å². The molecule has 0 atom stereocenters. The van der Waals surface area contributed by atoms with Crippen LogP contribution in [0.15, 0.2) is 42.9 Å². The maximum Gasteiger partial charge on any atom is 0.393 e. The van der Waals surface area contributed by atoms with E-state index in [1.165, 1.54) is 6.20 Å². The van der Waals surface area contributed by atoms with E-state index >= 15 is 0 Å². The smallest absolute Gasteiger partial charge is 0.350 e. The largest absolute Gasteiger partial charge is 0.393 e. The third kappa shape index (κ3) is 5.19. The summed E-state index contributed by atoms with van der Waals surface area (Å²) in [5, 5.41) is 11.1. The van der Waals surface area contributed by atoms with Crippen LogP contribution >= 0.6 is 0 Å². The fourth-order valence-corrected chi connectivity index (χ4v) is 3.66. The summed E-state index contributed by atoms with van der Waals surface area (Å²) in [6, 6.07) is 6.84. The van der Waals surface area contributed by atoms with Crippen molar-refractivity contribution >= 4 is 11.7 Å². The molecule has 3 aromatic rings. The number of aromatic nitrogens is 4. The van der Waals surface area contributed by atoms with Gasteiger partial charge in [0.1, 0.15) is 0 Å². The molecule has 1 amide bonds. The monoisotopic (exact) mass is 442 g/mol. The van der Waals surface area contributed by atoms with E-state index in [0.29, 0.717) is 31.9 Å². The van der Waals surface area contributed by atoms with E-state index in [1.807, 2.05) is 24.0 Å². The van der Waals surface area contributed by atoms with Crippen LogP contribution in [-0.4, -0.2) is 38.8 Å². The van der Waals surface area contributed by atoms with Crippen LogP contribution in [0.2, 0.25) is 0 Å². The van der Waals surface area contributed by atoms with Gasteiger partial charge in [-0.15, -0.1) is 10.2 Å². The van der Waals surface area contributed by atoms with Crippen molar-refractivity contribution in [3.8, 4) is 0 Å². The number of alkyl halides is 3. The second kappa shape index (κ2) is 8.89. The first kappa shape index (κ1) is 21.7. The lowest BCUT2D eigenvalue weighted by Gasteiger charge is -2.30. The molecular weight excluding hydrogens is 421 g/mol. The summed E-state index contributed by atoms with van der Waals surface area (Å²) >= 11 is 0. The molecule has 0 aromatic carbocycles. The summed E-state index contributed by atoms with van der Waals surface area (Å²) in [6.45, 7) is 3.18. The molecule has 4 rings (SSSR count). The molecule has 32 heavy (non-hydrogen) atoms. The van der Waals surface area contributed by atoms with Gasteiger partial charge in [-0.05, 0) is 47.4 Å². The zero-order valence-corrected chi connectivity index (χ0v) is 17.4. The summed E-state index contributed by atoms with van der Waals surface area (Å²) in [7, 11) is 0. The van der Waals surface area contributed by atoms with E-state index < -0.39 is 12.6 Å². The molecule has 0 bridgehead atoms. The van der Waals surface area contributed by atoms with Crippen molar-refractivity contribution in [1.29, 1.82) is 0 Å². The Kier molecular flexibility index (Phi) is 6.02. The predicted molar refractivity (Wildman–Crippen MR) is 111 cm³/mol. The van der Waals surface area contributed by atoms with Crippen molar-refractivity contribution in [2.45, 2.75) is 39.0 Å². The standard InChI is InChI=1S/C22H21F3N6O/c1-14-8-19(21(32)28-11-15-2-5-26-6-3-15)29-30-20(14)31-7-4-18-17(13-31)9-16(12-27-18)10-22(23,24)25/h2-3,5-6,8-9,12H,4,7,10-11,13H2,1H3,(H,28,32). The van der Waals surface area contributed by atoms with Gasteiger partial charge in [0.15, 0.2) is 11.5 Å². The van der Waals surface area contributed by atoms with Gasteiger partial charge in [0.25, 0.3) is 5.91 Å². The topological polar surface area (TPSA) is 83.9 Å². The average Bonchev–Trinajstić information content (AvgIpc) is 2.76. The van der Waals surface area contributed by atoms with E-state index in [-0.39, 0.29) is 17.2 Å². The van der Waals surface area contributed by atoms with Crippen LogP contribution in [-0.2, 0) is 25.9 Å². The van der Waals surface area contributed by atoms with Gasteiger partial charge in [-0.1, -0.05) is 6.07 Å². The molecule has 10 heteroatoms. The van der Waals surface area contributed by atoms with Crippen molar-refractivity contribution in [3.05, 3.63) is 76.5 Å². The molecule has 0 saturated heterocycles. The zero-order valence-electron chi connectivity index (χ0n) is 17.4. The van der Waals surface area contributed by atoms with Crippen molar-refractivity contribution < 1.29 is 18.0 Å². The minimum absolute atomic E-state index is 0.141. The highest BCUT2D eigenvalue weighted by Gasteiger charge is 2.29. The van der Waals surface area contributed by atoms with Gasteiger partial charge in [0.05, 0.1) is 6.42 Å². The Hall–Kier alpha value is -3.56. The van der Waals surface area contributed by atoms with Gasteiger partial charge >= 0.3 is 6.18 Å². The molecule has 0 radical (unpaired) electrons. The van der Waals surface area contributed by atoms with Crippen LogP contribution in [0.5, 0.6) is 0 Å². The fourth-order valence-electron chi connectivity index (χ4n) is 3.66. The summed E-state index contributed by atoms with van der Waals surface area (Å²) in [6.07, 6.45) is -0.0872. The van der Waals surface area contributed by atoms with E-state index in [2.05, 4.69) is 25.5 Å².